The summed E-state index contributed by atoms with van der Waals surface area (Å²) < 4.78 is 52.0. The molecule has 1 aliphatic carbocycles. The van der Waals surface area contributed by atoms with Gasteiger partial charge in [0, 0.05) is 30.6 Å². The van der Waals surface area contributed by atoms with Crippen LogP contribution in [-0.4, -0.2) is 127 Å². The fourth-order valence-corrected chi connectivity index (χ4v) is 11.2. The molecule has 0 spiro atoms. The molecule has 0 aromatic heterocycles. The number of fused-ring (bicyclic) bond motifs is 3. The zero-order chi connectivity index (χ0) is 52.5. The Balaban J connectivity index is 1.53. The van der Waals surface area contributed by atoms with Crippen molar-refractivity contribution < 1.29 is 51.7 Å². The molecule has 0 fully saturated rings. The van der Waals surface area contributed by atoms with Crippen molar-refractivity contribution in [2.45, 2.75) is 161 Å². The van der Waals surface area contributed by atoms with Crippen LogP contribution in [0.5, 0.6) is 0 Å². The van der Waals surface area contributed by atoms with E-state index in [1.54, 1.807) is 19.9 Å². The van der Waals surface area contributed by atoms with Gasteiger partial charge in [0.15, 0.2) is 0 Å². The maximum absolute atomic E-state index is 13.7. The molecule has 1 aliphatic rings. The Bertz CT molecular complexity index is 1780. The molecular formula is C57H94N3O11PS. The van der Waals surface area contributed by atoms with Gasteiger partial charge in [0.05, 0.1) is 71.7 Å². The van der Waals surface area contributed by atoms with E-state index in [1.165, 1.54) is 102 Å². The highest BCUT2D eigenvalue weighted by Gasteiger charge is 2.30. The van der Waals surface area contributed by atoms with Gasteiger partial charge in [0.25, 0.3) is 0 Å². The molecule has 2 aromatic carbocycles. The quantitative estimate of drug-likeness (QED) is 0.0326. The zero-order valence-corrected chi connectivity index (χ0v) is 46.9. The SMILES string of the molecule is CCCCCCCCCC=CC(=O)N[C@H](COCCCCCCCCCCCC)CSC[C@H](NC(=O)OCC1c2ccccc2-c2ccccc21)C(=O)NCCOCCOCCOCCP(=O)(OCC)OCC. The third-order valence-corrected chi connectivity index (χ3v) is 15.8. The van der Waals surface area contributed by atoms with Crippen LogP contribution in [-0.2, 0) is 46.9 Å². The van der Waals surface area contributed by atoms with E-state index in [0.29, 0.717) is 58.6 Å². The summed E-state index contributed by atoms with van der Waals surface area (Å²) in [5.41, 5.74) is 4.45. The lowest BCUT2D eigenvalue weighted by molar-refractivity contribution is -0.122. The molecule has 414 valence electrons. The van der Waals surface area contributed by atoms with Crippen molar-refractivity contribution in [3.8, 4) is 11.1 Å². The number of carbonyl (C=O) groups is 3. The summed E-state index contributed by atoms with van der Waals surface area (Å²) in [6.07, 6.45) is 24.9. The van der Waals surface area contributed by atoms with Crippen LogP contribution >= 0.6 is 19.4 Å². The molecule has 3 N–H and O–H groups in total. The molecule has 16 heteroatoms. The highest BCUT2D eigenvalue weighted by molar-refractivity contribution is 7.99. The maximum atomic E-state index is 13.7. The number of hydrogen-bond donors (Lipinski definition) is 3. The second-order valence-electron chi connectivity index (χ2n) is 18.6. The van der Waals surface area contributed by atoms with E-state index < -0.39 is 19.7 Å². The van der Waals surface area contributed by atoms with Crippen LogP contribution in [0.4, 0.5) is 4.79 Å². The lowest BCUT2D eigenvalue weighted by atomic mass is 9.98. The van der Waals surface area contributed by atoms with Gasteiger partial charge < -0.3 is 48.7 Å². The van der Waals surface area contributed by atoms with Crippen LogP contribution in [0.3, 0.4) is 0 Å². The molecule has 0 radical (unpaired) electrons. The average molecular weight is 1060 g/mol. The van der Waals surface area contributed by atoms with E-state index in [0.717, 1.165) is 47.9 Å². The molecule has 14 nitrogen and oxygen atoms in total. The summed E-state index contributed by atoms with van der Waals surface area (Å²) in [6, 6.07) is 15.1. The number of unbranched alkanes of at least 4 members (excludes halogenated alkanes) is 16. The Hall–Kier alpha value is -3.27. The summed E-state index contributed by atoms with van der Waals surface area (Å²) in [5, 5.41) is 8.89. The second kappa shape index (κ2) is 41.9. The Morgan fingerprint density at radius 3 is 1.74 bits per heavy atom. The number of alkyl carbamates (subject to hydrolysis) is 1. The Morgan fingerprint density at radius 2 is 1.15 bits per heavy atom. The first-order chi connectivity index (χ1) is 35.7. The molecule has 0 saturated heterocycles. The number of rotatable bonds is 47. The number of amides is 3. The Kier molecular flexibility index (Phi) is 36.8. The normalized spacial score (nSPS) is 13.2. The first kappa shape index (κ1) is 64.0. The van der Waals surface area contributed by atoms with Crippen LogP contribution < -0.4 is 16.0 Å². The zero-order valence-electron chi connectivity index (χ0n) is 45.2. The van der Waals surface area contributed by atoms with Crippen molar-refractivity contribution >= 4 is 37.3 Å². The van der Waals surface area contributed by atoms with E-state index in [1.807, 2.05) is 30.3 Å². The lowest BCUT2D eigenvalue weighted by Gasteiger charge is -2.22. The van der Waals surface area contributed by atoms with Crippen LogP contribution in [0.1, 0.15) is 160 Å². The molecule has 0 aliphatic heterocycles. The Labute approximate surface area is 444 Å². The number of nitrogens with one attached hydrogen (secondary N) is 3. The molecule has 0 bridgehead atoms. The standard InChI is InChI=1S/C57H94N3O11PS/c1-5-9-11-13-15-17-19-21-23-29-36-68-44-48(59-55(61)34-24-22-20-18-16-14-12-10-6-2)46-73-47-54(60-57(63)69-45-53-51-32-27-25-30-49(51)50-31-26-28-33-52(50)53)56(62)58-35-37-65-38-39-66-40-41-67-42-43-72(64,70-7-3)71-8-4/h24-28,30-34,48,53-54H,5-23,29,35-47H2,1-4H3,(H,58,62)(H,59,61)(H,60,63)/t48-,54+/m1/s1. The topological polar surface area (TPSA) is 169 Å². The molecular weight excluding hydrogens is 966 g/mol. The highest BCUT2D eigenvalue weighted by atomic mass is 32.2. The van der Waals surface area contributed by atoms with E-state index in [9.17, 15) is 18.9 Å². The van der Waals surface area contributed by atoms with Gasteiger partial charge in [-0.25, -0.2) is 4.79 Å². The van der Waals surface area contributed by atoms with Gasteiger partial charge in [-0.3, -0.25) is 14.2 Å². The van der Waals surface area contributed by atoms with Gasteiger partial charge in [-0.05, 0) is 61.4 Å². The second-order valence-corrected chi connectivity index (χ2v) is 21.9. The van der Waals surface area contributed by atoms with Gasteiger partial charge in [-0.15, -0.1) is 0 Å². The van der Waals surface area contributed by atoms with Gasteiger partial charge in [-0.1, -0.05) is 165 Å². The number of benzene rings is 2. The van der Waals surface area contributed by atoms with Crippen LogP contribution in [0.15, 0.2) is 60.7 Å². The minimum absolute atomic E-state index is 0.115. The van der Waals surface area contributed by atoms with Crippen molar-refractivity contribution in [2.75, 3.05) is 96.9 Å². The molecule has 0 unspecified atom stereocenters. The molecule has 0 heterocycles. The predicted octanol–water partition coefficient (Wildman–Crippen LogP) is 12.2. The first-order valence-electron chi connectivity index (χ1n) is 27.9. The van der Waals surface area contributed by atoms with Crippen molar-refractivity contribution in [3.05, 3.63) is 71.8 Å². The molecule has 2 atom stereocenters. The van der Waals surface area contributed by atoms with Crippen molar-refractivity contribution in [1.82, 2.24) is 16.0 Å². The van der Waals surface area contributed by atoms with Crippen molar-refractivity contribution in [2.24, 2.45) is 0 Å². The minimum Gasteiger partial charge on any atom is -0.449 e. The van der Waals surface area contributed by atoms with Crippen molar-refractivity contribution in [3.63, 3.8) is 0 Å². The number of ether oxygens (including phenoxy) is 5. The van der Waals surface area contributed by atoms with E-state index in [-0.39, 0.29) is 62.1 Å². The van der Waals surface area contributed by atoms with E-state index in [4.69, 9.17) is 32.7 Å². The molecule has 73 heavy (non-hydrogen) atoms. The number of carbonyl (C=O) groups excluding carboxylic acids is 3. The monoisotopic (exact) mass is 1060 g/mol. The third-order valence-electron chi connectivity index (χ3n) is 12.6. The average Bonchev–Trinajstić information content (AvgIpc) is 3.71. The van der Waals surface area contributed by atoms with Crippen LogP contribution in [0.25, 0.3) is 11.1 Å². The first-order valence-corrected chi connectivity index (χ1v) is 30.8. The van der Waals surface area contributed by atoms with E-state index >= 15 is 0 Å². The van der Waals surface area contributed by atoms with Crippen molar-refractivity contribution in [1.29, 1.82) is 0 Å². The molecule has 2 aromatic rings. The van der Waals surface area contributed by atoms with Crippen LogP contribution in [0, 0.1) is 0 Å². The van der Waals surface area contributed by atoms with Gasteiger partial charge >= 0.3 is 13.7 Å². The number of hydrogen-bond acceptors (Lipinski definition) is 12. The number of allylic oxidation sites excluding steroid dienone is 1. The maximum Gasteiger partial charge on any atom is 0.407 e. The smallest absolute Gasteiger partial charge is 0.407 e. The lowest BCUT2D eigenvalue weighted by Crippen LogP contribution is -2.49. The predicted molar refractivity (Wildman–Crippen MR) is 297 cm³/mol. The van der Waals surface area contributed by atoms with Gasteiger partial charge in [0.1, 0.15) is 12.6 Å². The molecule has 0 saturated carbocycles. The molecule has 3 amide bonds. The minimum atomic E-state index is -3.14. The summed E-state index contributed by atoms with van der Waals surface area (Å²) in [6.45, 7) is 11.7. The fourth-order valence-electron chi connectivity index (χ4n) is 8.65. The summed E-state index contributed by atoms with van der Waals surface area (Å²) in [7, 11) is -3.14. The fraction of sp³-hybridized carbons (Fsp3) is 0.702. The largest absolute Gasteiger partial charge is 0.449 e. The van der Waals surface area contributed by atoms with Gasteiger partial charge in [-0.2, -0.15) is 11.8 Å². The summed E-state index contributed by atoms with van der Waals surface area (Å²) in [4.78, 5) is 40.4. The summed E-state index contributed by atoms with van der Waals surface area (Å²) >= 11 is 1.46. The Morgan fingerprint density at radius 1 is 0.616 bits per heavy atom. The van der Waals surface area contributed by atoms with Gasteiger partial charge in [0.2, 0.25) is 11.8 Å². The molecule has 3 rings (SSSR count). The van der Waals surface area contributed by atoms with Crippen LogP contribution in [0.2, 0.25) is 0 Å². The highest BCUT2D eigenvalue weighted by Crippen LogP contribution is 2.47. The number of thioether (sulfide) groups is 1. The summed E-state index contributed by atoms with van der Waals surface area (Å²) in [5.74, 6) is 0.0444. The van der Waals surface area contributed by atoms with E-state index in [2.05, 4.69) is 54.1 Å². The third kappa shape index (κ3) is 29.0.